The summed E-state index contributed by atoms with van der Waals surface area (Å²) < 4.78 is 26.6. The second kappa shape index (κ2) is 4.95. The summed E-state index contributed by atoms with van der Waals surface area (Å²) in [6.45, 7) is 0.664. The maximum absolute atomic E-state index is 12.1. The first-order valence-corrected chi connectivity index (χ1v) is 8.33. The van der Waals surface area contributed by atoms with Crippen molar-refractivity contribution in [3.05, 3.63) is 29.5 Å². The standard InChI is InChI=1S/C11H14N4O2S2/c16-19(17,15-11-12-3-4-18-11)10-5-9(14-7-10)6-13-8-1-2-8/h3-5,7-8,13-14H,1-2,6H2,(H,12,15). The van der Waals surface area contributed by atoms with E-state index >= 15 is 0 Å². The van der Waals surface area contributed by atoms with E-state index in [4.69, 9.17) is 0 Å². The monoisotopic (exact) mass is 298 g/mol. The van der Waals surface area contributed by atoms with E-state index in [0.717, 1.165) is 5.69 Å². The Morgan fingerprint density at radius 3 is 3.00 bits per heavy atom. The lowest BCUT2D eigenvalue weighted by atomic mass is 10.4. The van der Waals surface area contributed by atoms with Gasteiger partial charge in [-0.1, -0.05) is 0 Å². The zero-order valence-corrected chi connectivity index (χ0v) is 11.7. The molecule has 1 fully saturated rings. The fraction of sp³-hybridized carbons (Fsp3) is 0.364. The minimum absolute atomic E-state index is 0.232. The lowest BCUT2D eigenvalue weighted by Gasteiger charge is -2.01. The molecule has 0 aliphatic heterocycles. The number of sulfonamides is 1. The molecule has 0 radical (unpaired) electrons. The van der Waals surface area contributed by atoms with E-state index in [1.165, 1.54) is 30.4 Å². The second-order valence-corrected chi connectivity index (χ2v) is 7.04. The van der Waals surface area contributed by atoms with Crippen molar-refractivity contribution in [3.63, 3.8) is 0 Å². The van der Waals surface area contributed by atoms with Gasteiger partial charge in [-0.3, -0.25) is 4.72 Å². The van der Waals surface area contributed by atoms with Gasteiger partial charge >= 0.3 is 0 Å². The van der Waals surface area contributed by atoms with Crippen LogP contribution in [0.2, 0.25) is 0 Å². The van der Waals surface area contributed by atoms with Crippen LogP contribution < -0.4 is 10.0 Å². The maximum atomic E-state index is 12.1. The molecule has 0 saturated heterocycles. The fourth-order valence-corrected chi connectivity index (χ4v) is 3.47. The molecule has 8 heteroatoms. The molecule has 19 heavy (non-hydrogen) atoms. The van der Waals surface area contributed by atoms with Gasteiger partial charge in [-0.25, -0.2) is 13.4 Å². The first-order valence-electron chi connectivity index (χ1n) is 5.96. The van der Waals surface area contributed by atoms with Crippen LogP contribution in [0.3, 0.4) is 0 Å². The highest BCUT2D eigenvalue weighted by molar-refractivity contribution is 7.93. The van der Waals surface area contributed by atoms with Crippen molar-refractivity contribution < 1.29 is 8.42 Å². The van der Waals surface area contributed by atoms with Gasteiger partial charge in [0.15, 0.2) is 5.13 Å². The van der Waals surface area contributed by atoms with Crippen LogP contribution in [0.1, 0.15) is 18.5 Å². The molecule has 2 aromatic rings. The molecule has 0 aromatic carbocycles. The van der Waals surface area contributed by atoms with Crippen LogP contribution in [0.5, 0.6) is 0 Å². The number of hydrogen-bond acceptors (Lipinski definition) is 5. The van der Waals surface area contributed by atoms with E-state index in [0.29, 0.717) is 17.7 Å². The lowest BCUT2D eigenvalue weighted by Crippen LogP contribution is -2.15. The normalized spacial score (nSPS) is 15.6. The average molecular weight is 298 g/mol. The number of nitrogens with one attached hydrogen (secondary N) is 3. The number of H-pyrrole nitrogens is 1. The third kappa shape index (κ3) is 3.14. The maximum Gasteiger partial charge on any atom is 0.265 e. The van der Waals surface area contributed by atoms with Crippen LogP contribution in [-0.2, 0) is 16.6 Å². The van der Waals surface area contributed by atoms with Crippen molar-refractivity contribution in [1.29, 1.82) is 0 Å². The second-order valence-electron chi connectivity index (χ2n) is 4.46. The van der Waals surface area contributed by atoms with Gasteiger partial charge in [-0.15, -0.1) is 11.3 Å². The van der Waals surface area contributed by atoms with Gasteiger partial charge in [-0.05, 0) is 18.9 Å². The summed E-state index contributed by atoms with van der Waals surface area (Å²) >= 11 is 1.25. The minimum atomic E-state index is -3.55. The Morgan fingerprint density at radius 1 is 1.47 bits per heavy atom. The van der Waals surface area contributed by atoms with E-state index in [1.54, 1.807) is 17.6 Å². The quantitative estimate of drug-likeness (QED) is 0.754. The lowest BCUT2D eigenvalue weighted by molar-refractivity contribution is 0.601. The van der Waals surface area contributed by atoms with Crippen LogP contribution >= 0.6 is 11.3 Å². The van der Waals surface area contributed by atoms with Crippen molar-refractivity contribution in [1.82, 2.24) is 15.3 Å². The van der Waals surface area contributed by atoms with Crippen LogP contribution in [0.25, 0.3) is 0 Å². The van der Waals surface area contributed by atoms with Gasteiger partial charge < -0.3 is 10.3 Å². The number of rotatable bonds is 6. The average Bonchev–Trinajstić information content (AvgIpc) is 2.87. The van der Waals surface area contributed by atoms with Gasteiger partial charge in [0.2, 0.25) is 0 Å². The molecule has 1 aliphatic carbocycles. The zero-order chi connectivity index (χ0) is 13.3. The molecule has 0 spiro atoms. The van der Waals surface area contributed by atoms with Crippen molar-refractivity contribution in [3.8, 4) is 0 Å². The summed E-state index contributed by atoms with van der Waals surface area (Å²) in [5, 5.41) is 5.42. The molecule has 6 nitrogen and oxygen atoms in total. The van der Waals surface area contributed by atoms with Gasteiger partial charge in [-0.2, -0.15) is 0 Å². The smallest absolute Gasteiger partial charge is 0.265 e. The molecule has 2 aromatic heterocycles. The number of thiazole rings is 1. The Kier molecular flexibility index (Phi) is 3.29. The summed E-state index contributed by atoms with van der Waals surface area (Å²) in [7, 11) is -3.55. The summed E-state index contributed by atoms with van der Waals surface area (Å²) in [6, 6.07) is 2.24. The molecular formula is C11H14N4O2S2. The van der Waals surface area contributed by atoms with Crippen LogP contribution in [0, 0.1) is 0 Å². The van der Waals surface area contributed by atoms with Crippen molar-refractivity contribution in [2.75, 3.05) is 4.72 Å². The van der Waals surface area contributed by atoms with Crippen LogP contribution in [0.4, 0.5) is 5.13 Å². The predicted octanol–water partition coefficient (Wildman–Crippen LogP) is 1.52. The first-order chi connectivity index (χ1) is 9.13. The number of aromatic amines is 1. The van der Waals surface area contributed by atoms with Crippen molar-refractivity contribution >= 4 is 26.5 Å². The molecule has 0 atom stereocenters. The van der Waals surface area contributed by atoms with E-state index in [2.05, 4.69) is 20.0 Å². The molecule has 1 aliphatic rings. The Morgan fingerprint density at radius 2 is 2.32 bits per heavy atom. The highest BCUT2D eigenvalue weighted by atomic mass is 32.2. The molecule has 1 saturated carbocycles. The van der Waals surface area contributed by atoms with Gasteiger partial charge in [0, 0.05) is 36.1 Å². The van der Waals surface area contributed by atoms with Crippen molar-refractivity contribution in [2.45, 2.75) is 30.3 Å². The summed E-state index contributed by atoms with van der Waals surface area (Å²) in [4.78, 5) is 7.11. The molecule has 102 valence electrons. The summed E-state index contributed by atoms with van der Waals surface area (Å²) in [5.74, 6) is 0. The summed E-state index contributed by atoms with van der Waals surface area (Å²) in [6.07, 6.45) is 5.47. The van der Waals surface area contributed by atoms with Gasteiger partial charge in [0.25, 0.3) is 10.0 Å². The van der Waals surface area contributed by atoms with E-state index in [1.807, 2.05) is 0 Å². The SMILES string of the molecule is O=S(=O)(Nc1nccs1)c1c[nH]c(CNC2CC2)c1. The Hall–Kier alpha value is -1.38. The molecule has 0 unspecified atom stereocenters. The number of hydrogen-bond donors (Lipinski definition) is 3. The third-order valence-electron chi connectivity index (χ3n) is 2.84. The molecular weight excluding hydrogens is 284 g/mol. The Labute approximate surface area is 115 Å². The third-order valence-corrected chi connectivity index (χ3v) is 4.98. The topological polar surface area (TPSA) is 86.9 Å². The van der Waals surface area contributed by atoms with Crippen molar-refractivity contribution in [2.24, 2.45) is 0 Å². The van der Waals surface area contributed by atoms with Gasteiger partial charge in [0.1, 0.15) is 4.90 Å². The molecule has 3 N–H and O–H groups in total. The van der Waals surface area contributed by atoms with Gasteiger partial charge in [0.05, 0.1) is 0 Å². The summed E-state index contributed by atoms with van der Waals surface area (Å²) in [5.41, 5.74) is 0.867. The number of nitrogens with zero attached hydrogens (tertiary/aromatic N) is 1. The number of anilines is 1. The van der Waals surface area contributed by atoms with Crippen LogP contribution in [-0.4, -0.2) is 24.4 Å². The fourth-order valence-electron chi connectivity index (χ4n) is 1.67. The molecule has 3 rings (SSSR count). The Bertz CT molecular complexity index is 644. The largest absolute Gasteiger partial charge is 0.363 e. The van der Waals surface area contributed by atoms with E-state index < -0.39 is 10.0 Å². The molecule has 2 heterocycles. The number of aromatic nitrogens is 2. The first kappa shape index (κ1) is 12.6. The van der Waals surface area contributed by atoms with E-state index in [9.17, 15) is 8.42 Å². The molecule has 0 bridgehead atoms. The highest BCUT2D eigenvalue weighted by Crippen LogP contribution is 2.21. The molecule has 0 amide bonds. The minimum Gasteiger partial charge on any atom is -0.363 e. The highest BCUT2D eigenvalue weighted by Gasteiger charge is 2.21. The van der Waals surface area contributed by atoms with E-state index in [-0.39, 0.29) is 4.90 Å². The Balaban J connectivity index is 1.69. The van der Waals surface area contributed by atoms with Crippen LogP contribution in [0.15, 0.2) is 28.7 Å². The predicted molar refractivity (Wildman–Crippen MR) is 73.6 cm³/mol. The zero-order valence-electron chi connectivity index (χ0n) is 10.1.